The van der Waals surface area contributed by atoms with Crippen LogP contribution >= 0.6 is 0 Å². The molecule has 20 heavy (non-hydrogen) atoms. The second-order valence-corrected chi connectivity index (χ2v) is 4.95. The van der Waals surface area contributed by atoms with Crippen LogP contribution in [0.15, 0.2) is 18.2 Å². The number of alkyl halides is 1. The minimum absolute atomic E-state index is 0.122. The maximum Gasteiger partial charge on any atom is 0.340 e. The number of nitrogens with zero attached hydrogens (tertiary/aromatic N) is 1. The summed E-state index contributed by atoms with van der Waals surface area (Å²) in [5, 5.41) is 8.97. The number of rotatable bonds is 3. The highest BCUT2D eigenvalue weighted by Gasteiger charge is 2.34. The van der Waals surface area contributed by atoms with Crippen molar-refractivity contribution in [1.82, 2.24) is 0 Å². The van der Waals surface area contributed by atoms with Crippen LogP contribution in [0.5, 0.6) is 0 Å². The first-order valence-corrected chi connectivity index (χ1v) is 6.42. The number of piperidine rings is 1. The number of methoxy groups -OCH3 is 1. The summed E-state index contributed by atoms with van der Waals surface area (Å²) in [7, 11) is 1.19. The molecule has 1 heterocycles. The first-order chi connectivity index (χ1) is 9.49. The minimum Gasteiger partial charge on any atom is -0.465 e. The SMILES string of the molecule is COC(=O)c1ccc(N2CCC(F)(CO)CC2)cc1F. The molecule has 0 spiro atoms. The molecule has 1 aliphatic heterocycles. The Hall–Kier alpha value is -1.69. The van der Waals surface area contributed by atoms with Gasteiger partial charge in [-0.15, -0.1) is 0 Å². The number of anilines is 1. The van der Waals surface area contributed by atoms with Crippen molar-refractivity contribution in [3.05, 3.63) is 29.6 Å². The zero-order valence-corrected chi connectivity index (χ0v) is 11.2. The molecule has 6 heteroatoms. The smallest absolute Gasteiger partial charge is 0.340 e. The molecule has 0 unspecified atom stereocenters. The lowest BCUT2D eigenvalue weighted by atomic mass is 9.94. The third-order valence-corrected chi connectivity index (χ3v) is 3.67. The van der Waals surface area contributed by atoms with Crippen LogP contribution in [-0.4, -0.2) is 43.6 Å². The Morgan fingerprint density at radius 3 is 2.60 bits per heavy atom. The van der Waals surface area contributed by atoms with Crippen LogP contribution in [0, 0.1) is 5.82 Å². The molecule has 1 saturated heterocycles. The van der Waals surface area contributed by atoms with Crippen LogP contribution < -0.4 is 4.90 Å². The van der Waals surface area contributed by atoms with Crippen molar-refractivity contribution in [2.45, 2.75) is 18.5 Å². The molecule has 1 aromatic rings. The molecule has 1 aliphatic rings. The molecule has 1 aromatic carbocycles. The highest BCUT2D eigenvalue weighted by atomic mass is 19.1. The normalized spacial score (nSPS) is 17.9. The van der Waals surface area contributed by atoms with Gasteiger partial charge in [0, 0.05) is 31.6 Å². The molecule has 2 rings (SSSR count). The number of benzene rings is 1. The zero-order valence-electron chi connectivity index (χ0n) is 11.2. The predicted octanol–water partition coefficient (Wildman–Crippen LogP) is 1.91. The van der Waals surface area contributed by atoms with Gasteiger partial charge in [0.2, 0.25) is 0 Å². The van der Waals surface area contributed by atoms with Crippen molar-refractivity contribution in [3.63, 3.8) is 0 Å². The molecule has 0 saturated carbocycles. The van der Waals surface area contributed by atoms with Crippen molar-refractivity contribution >= 4 is 11.7 Å². The van der Waals surface area contributed by atoms with Crippen LogP contribution in [0.3, 0.4) is 0 Å². The standard InChI is InChI=1S/C14H17F2NO3/c1-20-13(19)11-3-2-10(8-12(11)15)17-6-4-14(16,9-18)5-7-17/h2-3,8,18H,4-7,9H2,1H3. The second kappa shape index (κ2) is 5.75. The van der Waals surface area contributed by atoms with Gasteiger partial charge in [0.15, 0.2) is 0 Å². The zero-order chi connectivity index (χ0) is 14.8. The molecule has 110 valence electrons. The van der Waals surface area contributed by atoms with Crippen molar-refractivity contribution in [2.75, 3.05) is 31.7 Å². The molecule has 1 fully saturated rings. The van der Waals surface area contributed by atoms with Gasteiger partial charge >= 0.3 is 5.97 Å². The number of aliphatic hydroxyl groups excluding tert-OH is 1. The fourth-order valence-electron chi connectivity index (χ4n) is 2.30. The van der Waals surface area contributed by atoms with Gasteiger partial charge in [-0.05, 0) is 18.2 Å². The van der Waals surface area contributed by atoms with E-state index in [-0.39, 0.29) is 18.4 Å². The molecular weight excluding hydrogens is 268 g/mol. The Labute approximate surface area is 116 Å². The van der Waals surface area contributed by atoms with E-state index < -0.39 is 24.1 Å². The summed E-state index contributed by atoms with van der Waals surface area (Å²) in [6.07, 6.45) is 0.397. The highest BCUT2D eigenvalue weighted by molar-refractivity contribution is 5.90. The number of hydrogen-bond donors (Lipinski definition) is 1. The van der Waals surface area contributed by atoms with E-state index >= 15 is 0 Å². The Morgan fingerprint density at radius 2 is 2.10 bits per heavy atom. The number of carbonyl (C=O) groups excluding carboxylic acids is 1. The summed E-state index contributed by atoms with van der Waals surface area (Å²) in [6.45, 7) is 0.304. The molecular formula is C14H17F2NO3. The van der Waals surface area contributed by atoms with E-state index in [0.29, 0.717) is 18.8 Å². The number of esters is 1. The van der Waals surface area contributed by atoms with E-state index in [2.05, 4.69) is 4.74 Å². The van der Waals surface area contributed by atoms with Gasteiger partial charge in [0.1, 0.15) is 11.5 Å². The monoisotopic (exact) mass is 285 g/mol. The van der Waals surface area contributed by atoms with E-state index in [1.54, 1.807) is 6.07 Å². The lowest BCUT2D eigenvalue weighted by molar-refractivity contribution is 0.0481. The quantitative estimate of drug-likeness (QED) is 0.862. The number of halogens is 2. The van der Waals surface area contributed by atoms with Crippen LogP contribution in [0.1, 0.15) is 23.2 Å². The van der Waals surface area contributed by atoms with Crippen LogP contribution in [0.2, 0.25) is 0 Å². The lowest BCUT2D eigenvalue weighted by Gasteiger charge is -2.36. The minimum atomic E-state index is -1.54. The van der Waals surface area contributed by atoms with Gasteiger partial charge in [-0.25, -0.2) is 13.6 Å². The maximum absolute atomic E-state index is 13.9. The first-order valence-electron chi connectivity index (χ1n) is 6.42. The van der Waals surface area contributed by atoms with E-state index in [4.69, 9.17) is 5.11 Å². The third kappa shape index (κ3) is 2.90. The Morgan fingerprint density at radius 1 is 1.45 bits per heavy atom. The summed E-state index contributed by atoms with van der Waals surface area (Å²) in [5.41, 5.74) is -1.07. The summed E-state index contributed by atoms with van der Waals surface area (Å²) < 4.78 is 32.2. The molecule has 0 bridgehead atoms. The largest absolute Gasteiger partial charge is 0.465 e. The lowest BCUT2D eigenvalue weighted by Crippen LogP contribution is -2.43. The Kier molecular flexibility index (Phi) is 4.23. The van der Waals surface area contributed by atoms with Gasteiger partial charge in [0.05, 0.1) is 19.3 Å². The average Bonchev–Trinajstić information content (AvgIpc) is 2.47. The van der Waals surface area contributed by atoms with Gasteiger partial charge in [-0.3, -0.25) is 0 Å². The molecule has 0 amide bonds. The predicted molar refractivity (Wildman–Crippen MR) is 70.1 cm³/mol. The fraction of sp³-hybridized carbons (Fsp3) is 0.500. The third-order valence-electron chi connectivity index (χ3n) is 3.67. The van der Waals surface area contributed by atoms with Gasteiger partial charge in [-0.1, -0.05) is 0 Å². The van der Waals surface area contributed by atoms with Gasteiger partial charge in [0.25, 0.3) is 0 Å². The highest BCUT2D eigenvalue weighted by Crippen LogP contribution is 2.29. The van der Waals surface area contributed by atoms with E-state index in [1.165, 1.54) is 19.2 Å². The number of carbonyl (C=O) groups is 1. The maximum atomic E-state index is 13.9. The Balaban J connectivity index is 2.12. The number of ether oxygens (including phenoxy) is 1. The number of hydrogen-bond acceptors (Lipinski definition) is 4. The van der Waals surface area contributed by atoms with Crippen molar-refractivity contribution in [1.29, 1.82) is 0 Å². The van der Waals surface area contributed by atoms with E-state index in [0.717, 1.165) is 0 Å². The summed E-state index contributed by atoms with van der Waals surface area (Å²) >= 11 is 0. The molecule has 4 nitrogen and oxygen atoms in total. The Bertz CT molecular complexity index is 499. The topological polar surface area (TPSA) is 49.8 Å². The summed E-state index contributed by atoms with van der Waals surface area (Å²) in [5.74, 6) is -1.38. The van der Waals surface area contributed by atoms with E-state index in [9.17, 15) is 13.6 Å². The second-order valence-electron chi connectivity index (χ2n) is 4.95. The molecule has 0 aliphatic carbocycles. The average molecular weight is 285 g/mol. The molecule has 0 radical (unpaired) electrons. The van der Waals surface area contributed by atoms with Crippen molar-refractivity contribution < 1.29 is 23.4 Å². The van der Waals surface area contributed by atoms with E-state index in [1.807, 2.05) is 4.90 Å². The summed E-state index contributed by atoms with van der Waals surface area (Å²) in [4.78, 5) is 13.1. The fourth-order valence-corrected chi connectivity index (χ4v) is 2.30. The summed E-state index contributed by atoms with van der Waals surface area (Å²) in [6, 6.07) is 4.22. The molecule has 1 N–H and O–H groups in total. The van der Waals surface area contributed by atoms with Crippen molar-refractivity contribution in [3.8, 4) is 0 Å². The van der Waals surface area contributed by atoms with Crippen LogP contribution in [-0.2, 0) is 4.74 Å². The van der Waals surface area contributed by atoms with Gasteiger partial charge in [-0.2, -0.15) is 0 Å². The van der Waals surface area contributed by atoms with Crippen LogP contribution in [0.4, 0.5) is 14.5 Å². The number of aliphatic hydroxyl groups is 1. The first kappa shape index (κ1) is 14.7. The molecule has 0 aromatic heterocycles. The van der Waals surface area contributed by atoms with Crippen molar-refractivity contribution in [2.24, 2.45) is 0 Å². The van der Waals surface area contributed by atoms with Gasteiger partial charge < -0.3 is 14.7 Å². The molecule has 0 atom stereocenters. The van der Waals surface area contributed by atoms with Crippen LogP contribution in [0.25, 0.3) is 0 Å².